The first kappa shape index (κ1) is 12.6. The van der Waals surface area contributed by atoms with E-state index in [9.17, 15) is 0 Å². The number of ether oxygens (including phenoxy) is 1. The first-order valence-electron chi connectivity index (χ1n) is 6.20. The number of aryl methyl sites for hydroxylation is 2. The van der Waals surface area contributed by atoms with Gasteiger partial charge in [-0.05, 0) is 25.0 Å². The highest BCUT2D eigenvalue weighted by Gasteiger charge is 2.36. The lowest BCUT2D eigenvalue weighted by atomic mass is 9.86. The Hall–Kier alpha value is -0.900. The zero-order valence-corrected chi connectivity index (χ0v) is 10.8. The molecule has 0 unspecified atom stereocenters. The van der Waals surface area contributed by atoms with E-state index in [4.69, 9.17) is 10.5 Å². The molecule has 1 aliphatic rings. The van der Waals surface area contributed by atoms with Crippen molar-refractivity contribution in [1.82, 2.24) is 5.32 Å². The highest BCUT2D eigenvalue weighted by molar-refractivity contribution is 5.30. The van der Waals surface area contributed by atoms with Gasteiger partial charge in [-0.15, -0.1) is 0 Å². The molecule has 1 aliphatic heterocycles. The SMILES string of the molecule is Cc1ccc(CNCC2(CN)COC2)c(C)c1. The van der Waals surface area contributed by atoms with Crippen molar-refractivity contribution < 1.29 is 4.74 Å². The van der Waals surface area contributed by atoms with Gasteiger partial charge in [0.05, 0.1) is 13.2 Å². The molecule has 1 heterocycles. The lowest BCUT2D eigenvalue weighted by Crippen LogP contribution is -2.54. The zero-order chi connectivity index (χ0) is 12.3. The van der Waals surface area contributed by atoms with E-state index in [0.717, 1.165) is 26.3 Å². The molecule has 0 radical (unpaired) electrons. The predicted octanol–water partition coefficient (Wildman–Crippen LogP) is 1.37. The number of hydrogen-bond acceptors (Lipinski definition) is 3. The van der Waals surface area contributed by atoms with Gasteiger partial charge in [-0.1, -0.05) is 23.8 Å². The van der Waals surface area contributed by atoms with Crippen LogP contribution < -0.4 is 11.1 Å². The van der Waals surface area contributed by atoms with Crippen molar-refractivity contribution in [3.05, 3.63) is 34.9 Å². The third kappa shape index (κ3) is 2.86. The number of rotatable bonds is 5. The molecule has 2 rings (SSSR count). The van der Waals surface area contributed by atoms with E-state index >= 15 is 0 Å². The van der Waals surface area contributed by atoms with Crippen LogP contribution in [0, 0.1) is 19.3 Å². The lowest BCUT2D eigenvalue weighted by molar-refractivity contribution is -0.105. The second-order valence-corrected chi connectivity index (χ2v) is 5.23. The van der Waals surface area contributed by atoms with Crippen molar-refractivity contribution in [3.8, 4) is 0 Å². The molecule has 1 fully saturated rings. The van der Waals surface area contributed by atoms with Gasteiger partial charge < -0.3 is 15.8 Å². The van der Waals surface area contributed by atoms with Crippen LogP contribution >= 0.6 is 0 Å². The smallest absolute Gasteiger partial charge is 0.0569 e. The molecule has 1 saturated heterocycles. The number of nitrogens with one attached hydrogen (secondary N) is 1. The standard InChI is InChI=1S/C14H22N2O/c1-11-3-4-13(12(2)5-11)6-16-8-14(7-15)9-17-10-14/h3-5,16H,6-10,15H2,1-2H3. The minimum absolute atomic E-state index is 0.179. The molecule has 3 heteroatoms. The van der Waals surface area contributed by atoms with E-state index in [-0.39, 0.29) is 5.41 Å². The summed E-state index contributed by atoms with van der Waals surface area (Å²) in [6, 6.07) is 6.58. The number of nitrogens with two attached hydrogens (primary N) is 1. The zero-order valence-electron chi connectivity index (χ0n) is 10.8. The summed E-state index contributed by atoms with van der Waals surface area (Å²) in [6.45, 7) is 8.43. The van der Waals surface area contributed by atoms with E-state index < -0.39 is 0 Å². The van der Waals surface area contributed by atoms with Crippen LogP contribution in [0.1, 0.15) is 16.7 Å². The van der Waals surface area contributed by atoms with Gasteiger partial charge in [-0.2, -0.15) is 0 Å². The average molecular weight is 234 g/mol. The maximum atomic E-state index is 5.78. The second kappa shape index (κ2) is 5.17. The molecule has 0 atom stereocenters. The molecule has 1 aromatic carbocycles. The Labute approximate surface area is 103 Å². The van der Waals surface area contributed by atoms with E-state index in [2.05, 4.69) is 37.4 Å². The number of benzene rings is 1. The van der Waals surface area contributed by atoms with Crippen LogP contribution in [0.2, 0.25) is 0 Å². The second-order valence-electron chi connectivity index (χ2n) is 5.23. The normalized spacial score (nSPS) is 17.8. The van der Waals surface area contributed by atoms with Gasteiger partial charge in [-0.25, -0.2) is 0 Å². The summed E-state index contributed by atoms with van der Waals surface area (Å²) >= 11 is 0. The van der Waals surface area contributed by atoms with Gasteiger partial charge >= 0.3 is 0 Å². The minimum Gasteiger partial charge on any atom is -0.380 e. The molecule has 94 valence electrons. The molecular weight excluding hydrogens is 212 g/mol. The van der Waals surface area contributed by atoms with Gasteiger partial charge in [0.2, 0.25) is 0 Å². The van der Waals surface area contributed by atoms with E-state index in [1.165, 1.54) is 16.7 Å². The van der Waals surface area contributed by atoms with Crippen molar-refractivity contribution >= 4 is 0 Å². The molecular formula is C14H22N2O. The Morgan fingerprint density at radius 2 is 2.12 bits per heavy atom. The van der Waals surface area contributed by atoms with E-state index in [1.54, 1.807) is 0 Å². The first-order valence-corrected chi connectivity index (χ1v) is 6.20. The van der Waals surface area contributed by atoms with Crippen LogP contribution in [0.25, 0.3) is 0 Å². The quantitative estimate of drug-likeness (QED) is 0.809. The maximum absolute atomic E-state index is 5.78. The van der Waals surface area contributed by atoms with Gasteiger partial charge in [0.25, 0.3) is 0 Å². The Bertz CT molecular complexity index is 380. The molecule has 0 aromatic heterocycles. The summed E-state index contributed by atoms with van der Waals surface area (Å²) < 4.78 is 5.25. The molecule has 0 saturated carbocycles. The predicted molar refractivity (Wildman–Crippen MR) is 69.9 cm³/mol. The Kier molecular flexibility index (Phi) is 3.82. The van der Waals surface area contributed by atoms with Crippen LogP contribution in [0.3, 0.4) is 0 Å². The fraction of sp³-hybridized carbons (Fsp3) is 0.571. The first-order chi connectivity index (χ1) is 8.15. The van der Waals surface area contributed by atoms with Crippen molar-refractivity contribution in [2.45, 2.75) is 20.4 Å². The average Bonchev–Trinajstić information content (AvgIpc) is 2.25. The third-order valence-corrected chi connectivity index (χ3v) is 3.56. The highest BCUT2D eigenvalue weighted by Crippen LogP contribution is 2.25. The molecule has 0 spiro atoms. The molecule has 3 nitrogen and oxygen atoms in total. The van der Waals surface area contributed by atoms with Gasteiger partial charge in [0.15, 0.2) is 0 Å². The van der Waals surface area contributed by atoms with Crippen LogP contribution in [-0.4, -0.2) is 26.3 Å². The van der Waals surface area contributed by atoms with Crippen LogP contribution in [0.15, 0.2) is 18.2 Å². The van der Waals surface area contributed by atoms with Crippen molar-refractivity contribution in [2.75, 3.05) is 26.3 Å². The fourth-order valence-electron chi connectivity index (χ4n) is 2.19. The van der Waals surface area contributed by atoms with Gasteiger partial charge in [-0.3, -0.25) is 0 Å². The van der Waals surface area contributed by atoms with Gasteiger partial charge in [0, 0.05) is 25.0 Å². The van der Waals surface area contributed by atoms with Crippen LogP contribution in [0.5, 0.6) is 0 Å². The number of hydrogen-bond donors (Lipinski definition) is 2. The molecule has 3 N–H and O–H groups in total. The minimum atomic E-state index is 0.179. The van der Waals surface area contributed by atoms with Crippen LogP contribution in [0.4, 0.5) is 0 Å². The molecule has 17 heavy (non-hydrogen) atoms. The van der Waals surface area contributed by atoms with Crippen molar-refractivity contribution in [2.24, 2.45) is 11.1 Å². The fourth-order valence-corrected chi connectivity index (χ4v) is 2.19. The van der Waals surface area contributed by atoms with E-state index in [0.29, 0.717) is 6.54 Å². The topological polar surface area (TPSA) is 47.3 Å². The van der Waals surface area contributed by atoms with Crippen molar-refractivity contribution in [3.63, 3.8) is 0 Å². The summed E-state index contributed by atoms with van der Waals surface area (Å²) in [7, 11) is 0. The Morgan fingerprint density at radius 3 is 2.65 bits per heavy atom. The monoisotopic (exact) mass is 234 g/mol. The molecule has 1 aromatic rings. The Morgan fingerprint density at radius 1 is 1.35 bits per heavy atom. The third-order valence-electron chi connectivity index (χ3n) is 3.56. The van der Waals surface area contributed by atoms with Gasteiger partial charge in [0.1, 0.15) is 0 Å². The summed E-state index contributed by atoms with van der Waals surface area (Å²) in [5, 5.41) is 3.50. The summed E-state index contributed by atoms with van der Waals surface area (Å²) in [6.07, 6.45) is 0. The molecule has 0 aliphatic carbocycles. The summed E-state index contributed by atoms with van der Waals surface area (Å²) in [5.74, 6) is 0. The Balaban J connectivity index is 1.85. The maximum Gasteiger partial charge on any atom is 0.0569 e. The van der Waals surface area contributed by atoms with Crippen LogP contribution in [-0.2, 0) is 11.3 Å². The highest BCUT2D eigenvalue weighted by atomic mass is 16.5. The molecule has 0 bridgehead atoms. The lowest BCUT2D eigenvalue weighted by Gasteiger charge is -2.40. The van der Waals surface area contributed by atoms with Crippen molar-refractivity contribution in [1.29, 1.82) is 0 Å². The molecule has 0 amide bonds. The van der Waals surface area contributed by atoms with E-state index in [1.807, 2.05) is 0 Å². The largest absolute Gasteiger partial charge is 0.380 e. The summed E-state index contributed by atoms with van der Waals surface area (Å²) in [5.41, 5.74) is 9.99. The summed E-state index contributed by atoms with van der Waals surface area (Å²) in [4.78, 5) is 0.